The van der Waals surface area contributed by atoms with E-state index in [0.717, 1.165) is 36.6 Å². The number of rotatable bonds is 8. The van der Waals surface area contributed by atoms with E-state index in [-0.39, 0.29) is 0 Å². The number of aliphatic hydroxyl groups is 1. The molecular weight excluding hydrogens is 252 g/mol. The summed E-state index contributed by atoms with van der Waals surface area (Å²) in [4.78, 5) is 8.57. The molecule has 114 valence electrons. The van der Waals surface area contributed by atoms with Gasteiger partial charge in [0.25, 0.3) is 0 Å². The maximum Gasteiger partial charge on any atom is 0.134 e. The zero-order valence-electron chi connectivity index (χ0n) is 13.3. The maximum absolute atomic E-state index is 10.4. The van der Waals surface area contributed by atoms with Crippen LogP contribution < -0.4 is 10.6 Å². The molecule has 0 aliphatic rings. The quantitative estimate of drug-likeness (QED) is 0.683. The van der Waals surface area contributed by atoms with Crippen LogP contribution in [0.1, 0.15) is 46.6 Å². The third-order valence-corrected chi connectivity index (χ3v) is 3.13. The molecule has 0 amide bonds. The van der Waals surface area contributed by atoms with Crippen molar-refractivity contribution in [3.8, 4) is 0 Å². The van der Waals surface area contributed by atoms with Crippen molar-refractivity contribution < 1.29 is 5.11 Å². The van der Waals surface area contributed by atoms with E-state index in [1.54, 1.807) is 6.33 Å². The van der Waals surface area contributed by atoms with Crippen LogP contribution in [0.15, 0.2) is 6.33 Å². The van der Waals surface area contributed by atoms with Crippen molar-refractivity contribution in [2.75, 3.05) is 23.7 Å². The van der Waals surface area contributed by atoms with Crippen LogP contribution in [-0.4, -0.2) is 33.8 Å². The summed E-state index contributed by atoms with van der Waals surface area (Å²) in [5, 5.41) is 16.9. The van der Waals surface area contributed by atoms with Gasteiger partial charge in [-0.05, 0) is 32.6 Å². The Morgan fingerprint density at radius 3 is 2.30 bits per heavy atom. The second-order valence-electron chi connectivity index (χ2n) is 5.88. The number of anilines is 2. The van der Waals surface area contributed by atoms with Crippen LogP contribution in [0.4, 0.5) is 11.6 Å². The van der Waals surface area contributed by atoms with E-state index in [1.807, 2.05) is 13.8 Å². The van der Waals surface area contributed by atoms with Gasteiger partial charge < -0.3 is 15.7 Å². The summed E-state index contributed by atoms with van der Waals surface area (Å²) in [7, 11) is 0. The van der Waals surface area contributed by atoms with Crippen molar-refractivity contribution in [3.63, 3.8) is 0 Å². The lowest BCUT2D eigenvalue weighted by Gasteiger charge is -2.26. The molecule has 1 atom stereocenters. The summed E-state index contributed by atoms with van der Waals surface area (Å²) in [6, 6.07) is 0. The Labute approximate surface area is 122 Å². The molecule has 0 saturated carbocycles. The molecule has 20 heavy (non-hydrogen) atoms. The molecule has 1 heterocycles. The Morgan fingerprint density at radius 2 is 1.80 bits per heavy atom. The highest BCUT2D eigenvalue weighted by atomic mass is 16.3. The van der Waals surface area contributed by atoms with E-state index in [4.69, 9.17) is 0 Å². The SMILES string of the molecule is CCNc1ncnc(NCC(C)(O)CC(C)C)c1CC. The van der Waals surface area contributed by atoms with Crippen LogP contribution >= 0.6 is 0 Å². The smallest absolute Gasteiger partial charge is 0.134 e. The van der Waals surface area contributed by atoms with Crippen LogP contribution in [0.25, 0.3) is 0 Å². The van der Waals surface area contributed by atoms with Gasteiger partial charge in [-0.25, -0.2) is 9.97 Å². The monoisotopic (exact) mass is 280 g/mol. The van der Waals surface area contributed by atoms with E-state index in [2.05, 4.69) is 41.4 Å². The first kappa shape index (κ1) is 16.7. The first-order valence-electron chi connectivity index (χ1n) is 7.43. The Balaban J connectivity index is 2.79. The van der Waals surface area contributed by atoms with Gasteiger partial charge in [0.05, 0.1) is 5.60 Å². The van der Waals surface area contributed by atoms with Gasteiger partial charge in [-0.2, -0.15) is 0 Å². The van der Waals surface area contributed by atoms with Gasteiger partial charge in [0.15, 0.2) is 0 Å². The summed E-state index contributed by atoms with van der Waals surface area (Å²) >= 11 is 0. The number of hydrogen-bond donors (Lipinski definition) is 3. The molecule has 0 aliphatic heterocycles. The molecule has 5 heteroatoms. The molecule has 0 fully saturated rings. The lowest BCUT2D eigenvalue weighted by atomic mass is 9.94. The summed E-state index contributed by atoms with van der Waals surface area (Å²) < 4.78 is 0. The number of nitrogens with one attached hydrogen (secondary N) is 2. The van der Waals surface area contributed by atoms with Crippen molar-refractivity contribution in [1.82, 2.24) is 9.97 Å². The molecule has 0 spiro atoms. The molecule has 0 aromatic carbocycles. The maximum atomic E-state index is 10.4. The van der Waals surface area contributed by atoms with Crippen molar-refractivity contribution in [3.05, 3.63) is 11.9 Å². The second kappa shape index (κ2) is 7.43. The minimum absolute atomic E-state index is 0.458. The molecule has 3 N–H and O–H groups in total. The fraction of sp³-hybridized carbons (Fsp3) is 0.733. The van der Waals surface area contributed by atoms with Crippen molar-refractivity contribution in [1.29, 1.82) is 0 Å². The van der Waals surface area contributed by atoms with E-state index in [1.165, 1.54) is 0 Å². The molecular formula is C15H28N4O. The zero-order valence-corrected chi connectivity index (χ0v) is 13.3. The predicted octanol–water partition coefficient (Wildman–Crippen LogP) is 2.68. The molecule has 1 aromatic rings. The van der Waals surface area contributed by atoms with Gasteiger partial charge in [0.2, 0.25) is 0 Å². The van der Waals surface area contributed by atoms with Crippen LogP contribution in [0.5, 0.6) is 0 Å². The van der Waals surface area contributed by atoms with Crippen LogP contribution in [0.2, 0.25) is 0 Å². The molecule has 0 saturated heterocycles. The third kappa shape index (κ3) is 4.96. The lowest BCUT2D eigenvalue weighted by molar-refractivity contribution is 0.0514. The largest absolute Gasteiger partial charge is 0.388 e. The van der Waals surface area contributed by atoms with Gasteiger partial charge >= 0.3 is 0 Å². The normalized spacial score (nSPS) is 14.2. The molecule has 0 radical (unpaired) electrons. The molecule has 1 aromatic heterocycles. The first-order valence-corrected chi connectivity index (χ1v) is 7.43. The summed E-state index contributed by atoms with van der Waals surface area (Å²) in [6.45, 7) is 11.5. The number of hydrogen-bond acceptors (Lipinski definition) is 5. The first-order chi connectivity index (χ1) is 9.39. The van der Waals surface area contributed by atoms with Crippen LogP contribution in [0.3, 0.4) is 0 Å². The van der Waals surface area contributed by atoms with Crippen molar-refractivity contribution >= 4 is 11.6 Å². The molecule has 0 bridgehead atoms. The van der Waals surface area contributed by atoms with Gasteiger partial charge in [0.1, 0.15) is 18.0 Å². The fourth-order valence-electron chi connectivity index (χ4n) is 2.45. The van der Waals surface area contributed by atoms with Crippen LogP contribution in [0, 0.1) is 5.92 Å². The minimum Gasteiger partial charge on any atom is -0.388 e. The topological polar surface area (TPSA) is 70.1 Å². The summed E-state index contributed by atoms with van der Waals surface area (Å²) in [6.07, 6.45) is 3.15. The highest BCUT2D eigenvalue weighted by molar-refractivity contribution is 5.57. The van der Waals surface area contributed by atoms with Gasteiger partial charge in [-0.3, -0.25) is 0 Å². The standard InChI is InChI=1S/C15H28N4O/c1-6-12-13(16-7-2)18-10-19-14(12)17-9-15(5,20)8-11(3)4/h10-11,20H,6-9H2,1-5H3,(H2,16,17,18,19). The fourth-order valence-corrected chi connectivity index (χ4v) is 2.45. The highest BCUT2D eigenvalue weighted by Crippen LogP contribution is 2.22. The second-order valence-corrected chi connectivity index (χ2v) is 5.88. The average Bonchev–Trinajstić information content (AvgIpc) is 2.35. The predicted molar refractivity (Wildman–Crippen MR) is 84.1 cm³/mol. The average molecular weight is 280 g/mol. The van der Waals surface area contributed by atoms with Crippen molar-refractivity contribution in [2.24, 2.45) is 5.92 Å². The van der Waals surface area contributed by atoms with E-state index >= 15 is 0 Å². The lowest BCUT2D eigenvalue weighted by Crippen LogP contribution is -2.35. The van der Waals surface area contributed by atoms with Gasteiger partial charge in [0, 0.05) is 18.7 Å². The van der Waals surface area contributed by atoms with Crippen LogP contribution in [-0.2, 0) is 6.42 Å². The Bertz CT molecular complexity index is 418. The number of nitrogens with zero attached hydrogens (tertiary/aromatic N) is 2. The summed E-state index contributed by atoms with van der Waals surface area (Å²) in [5.41, 5.74) is 0.331. The Hall–Kier alpha value is -1.36. The minimum atomic E-state index is -0.734. The number of aromatic nitrogens is 2. The Kier molecular flexibility index (Phi) is 6.20. The Morgan fingerprint density at radius 1 is 1.20 bits per heavy atom. The van der Waals surface area contributed by atoms with E-state index < -0.39 is 5.60 Å². The highest BCUT2D eigenvalue weighted by Gasteiger charge is 2.22. The molecule has 1 unspecified atom stereocenters. The van der Waals surface area contributed by atoms with Gasteiger partial charge in [-0.1, -0.05) is 20.8 Å². The zero-order chi connectivity index (χ0) is 15.2. The van der Waals surface area contributed by atoms with E-state index in [0.29, 0.717) is 12.5 Å². The molecule has 1 rings (SSSR count). The summed E-state index contributed by atoms with van der Waals surface area (Å²) in [5.74, 6) is 2.14. The van der Waals surface area contributed by atoms with Crippen molar-refractivity contribution in [2.45, 2.75) is 53.1 Å². The third-order valence-electron chi connectivity index (χ3n) is 3.13. The van der Waals surface area contributed by atoms with E-state index in [9.17, 15) is 5.11 Å². The van der Waals surface area contributed by atoms with Gasteiger partial charge in [-0.15, -0.1) is 0 Å². The molecule has 0 aliphatic carbocycles. The molecule has 5 nitrogen and oxygen atoms in total.